The average molecular weight is 534 g/mol. The molecule has 4 aliphatic rings. The number of ether oxygens (including phenoxy) is 1. The molecule has 0 unspecified atom stereocenters. The van der Waals surface area contributed by atoms with Crippen molar-refractivity contribution in [3.8, 4) is 5.75 Å². The first-order valence-corrected chi connectivity index (χ1v) is 13.8. The highest BCUT2D eigenvalue weighted by Gasteiger charge is 2.81. The van der Waals surface area contributed by atoms with Crippen LogP contribution in [0.3, 0.4) is 0 Å². The highest BCUT2D eigenvalue weighted by Crippen LogP contribution is 2.68. The van der Waals surface area contributed by atoms with E-state index in [0.29, 0.717) is 35.7 Å². The number of benzene rings is 3. The number of fused-ring (bicyclic) bond motifs is 7. The van der Waals surface area contributed by atoms with E-state index in [2.05, 4.69) is 22.1 Å². The van der Waals surface area contributed by atoms with Crippen molar-refractivity contribution in [2.45, 2.75) is 43.7 Å². The number of aryl methyl sites for hydroxylation is 1. The maximum absolute atomic E-state index is 14.8. The Kier molecular flexibility index (Phi) is 5.35. The van der Waals surface area contributed by atoms with Gasteiger partial charge in [0.05, 0.1) is 5.92 Å². The Morgan fingerprint density at radius 3 is 2.70 bits per heavy atom. The number of carbonyl (C=O) groups is 3. The number of rotatable bonds is 5. The van der Waals surface area contributed by atoms with Gasteiger partial charge < -0.3 is 15.4 Å². The van der Waals surface area contributed by atoms with E-state index < -0.39 is 16.9 Å². The number of nitrogens with zero attached hydrogens (tertiary/aromatic N) is 1. The van der Waals surface area contributed by atoms with Gasteiger partial charge in [0, 0.05) is 28.5 Å². The summed E-state index contributed by atoms with van der Waals surface area (Å²) in [7, 11) is 0. The normalized spacial score (nSPS) is 27.9. The lowest BCUT2D eigenvalue weighted by Crippen LogP contribution is -2.62. The Bertz CT molecular complexity index is 1630. The third-order valence-electron chi connectivity index (χ3n) is 9.57. The number of amides is 2. The topological polar surface area (TPSA) is 87.7 Å². The largest absolute Gasteiger partial charge is 0.490 e. The van der Waals surface area contributed by atoms with Gasteiger partial charge in [-0.3, -0.25) is 19.3 Å². The van der Waals surface area contributed by atoms with Crippen molar-refractivity contribution in [1.29, 1.82) is 0 Å². The van der Waals surface area contributed by atoms with Crippen LogP contribution in [-0.4, -0.2) is 41.7 Å². The van der Waals surface area contributed by atoms with Gasteiger partial charge in [0.25, 0.3) is 5.91 Å². The van der Waals surface area contributed by atoms with E-state index >= 15 is 0 Å². The number of anilines is 2. The van der Waals surface area contributed by atoms with Gasteiger partial charge in [-0.1, -0.05) is 55.1 Å². The number of ketones is 1. The van der Waals surface area contributed by atoms with Gasteiger partial charge in [-0.2, -0.15) is 0 Å². The van der Waals surface area contributed by atoms with Crippen molar-refractivity contribution < 1.29 is 19.1 Å². The van der Waals surface area contributed by atoms with E-state index in [1.165, 1.54) is 0 Å². The second kappa shape index (κ2) is 8.63. The molecule has 2 spiro atoms. The fourth-order valence-corrected chi connectivity index (χ4v) is 7.97. The number of nitrogens with one attached hydrogen (secondary N) is 2. The summed E-state index contributed by atoms with van der Waals surface area (Å²) in [6.45, 7) is 8.65. The summed E-state index contributed by atoms with van der Waals surface area (Å²) >= 11 is 0. The van der Waals surface area contributed by atoms with Gasteiger partial charge in [0.15, 0.2) is 5.78 Å². The Morgan fingerprint density at radius 1 is 1.05 bits per heavy atom. The molecule has 7 heteroatoms. The quantitative estimate of drug-likeness (QED) is 0.361. The van der Waals surface area contributed by atoms with Crippen molar-refractivity contribution in [1.82, 2.24) is 4.90 Å². The van der Waals surface area contributed by atoms with E-state index in [1.54, 1.807) is 30.3 Å². The van der Waals surface area contributed by atoms with Crippen LogP contribution in [0.25, 0.3) is 0 Å². The van der Waals surface area contributed by atoms with Crippen LogP contribution >= 0.6 is 0 Å². The summed E-state index contributed by atoms with van der Waals surface area (Å²) in [5.74, 6) is -0.932. The number of Topliss-reactive ketones (excluding diaryl/α,β-unsaturated/α-hetero) is 1. The zero-order valence-electron chi connectivity index (χ0n) is 22.6. The summed E-state index contributed by atoms with van der Waals surface area (Å²) in [4.78, 5) is 46.2. The monoisotopic (exact) mass is 533 g/mol. The standard InChI is InChI=1S/C33H31N3O4/c1-4-17-40-22-10-7-9-21(18-22)29(37)27-26-13-8-16-36(26)33(24-15-14-19(2)20(3)28(24)35-31(33)39)32(27)23-11-5-6-12-25(23)34-30(32)38/h4-7,9-12,14-15,18,26-27H,1,8,13,16-17H2,2-3H3,(H,34,38)(H,35,39)/t26-,27+,32+,33+/m1/s1. The molecule has 4 atom stereocenters. The molecule has 0 saturated carbocycles. The first-order chi connectivity index (χ1) is 19.4. The molecular weight excluding hydrogens is 502 g/mol. The van der Waals surface area contributed by atoms with Crippen LogP contribution in [0.4, 0.5) is 11.4 Å². The zero-order valence-corrected chi connectivity index (χ0v) is 22.6. The van der Waals surface area contributed by atoms with E-state index in [9.17, 15) is 14.4 Å². The van der Waals surface area contributed by atoms with Gasteiger partial charge in [-0.05, 0) is 68.1 Å². The van der Waals surface area contributed by atoms with Crippen LogP contribution in [-0.2, 0) is 20.5 Å². The van der Waals surface area contributed by atoms with Crippen LogP contribution in [0.15, 0.2) is 73.3 Å². The second-order valence-corrected chi connectivity index (χ2v) is 11.3. The summed E-state index contributed by atoms with van der Waals surface area (Å²) < 4.78 is 5.75. The van der Waals surface area contributed by atoms with Gasteiger partial charge in [0.1, 0.15) is 23.3 Å². The van der Waals surface area contributed by atoms with E-state index in [-0.39, 0.29) is 23.6 Å². The lowest BCUT2D eigenvalue weighted by Gasteiger charge is -2.43. The minimum atomic E-state index is -1.46. The summed E-state index contributed by atoms with van der Waals surface area (Å²) in [5.41, 5.74) is 2.55. The molecule has 2 saturated heterocycles. The van der Waals surface area contributed by atoms with E-state index in [1.807, 2.05) is 50.2 Å². The lowest BCUT2D eigenvalue weighted by molar-refractivity contribution is -0.137. The summed E-state index contributed by atoms with van der Waals surface area (Å²) in [6, 6.07) is 18.3. The first kappa shape index (κ1) is 24.8. The fourth-order valence-electron chi connectivity index (χ4n) is 7.97. The Hall–Kier alpha value is -4.23. The molecule has 40 heavy (non-hydrogen) atoms. The molecule has 2 fully saturated rings. The van der Waals surface area contributed by atoms with Crippen LogP contribution in [0.5, 0.6) is 5.75 Å². The molecule has 0 radical (unpaired) electrons. The van der Waals surface area contributed by atoms with Crippen LogP contribution in [0.2, 0.25) is 0 Å². The highest BCUT2D eigenvalue weighted by atomic mass is 16.5. The second-order valence-electron chi connectivity index (χ2n) is 11.3. The molecule has 4 heterocycles. The van der Waals surface area contributed by atoms with E-state index in [4.69, 9.17) is 4.74 Å². The molecule has 0 aromatic heterocycles. The molecule has 2 amide bonds. The van der Waals surface area contributed by atoms with E-state index in [0.717, 1.165) is 35.2 Å². The van der Waals surface area contributed by atoms with Crippen molar-refractivity contribution in [3.05, 3.63) is 101 Å². The van der Waals surface area contributed by atoms with Gasteiger partial charge >= 0.3 is 0 Å². The minimum absolute atomic E-state index is 0.158. The lowest BCUT2D eigenvalue weighted by atomic mass is 9.57. The molecule has 7 rings (SSSR count). The molecule has 0 bridgehead atoms. The molecule has 202 valence electrons. The highest BCUT2D eigenvalue weighted by molar-refractivity contribution is 6.21. The predicted octanol–water partition coefficient (Wildman–Crippen LogP) is 4.88. The molecule has 0 aliphatic carbocycles. The maximum Gasteiger partial charge on any atom is 0.251 e. The zero-order chi connectivity index (χ0) is 27.8. The van der Waals surface area contributed by atoms with Gasteiger partial charge in [-0.15, -0.1) is 0 Å². The number of para-hydroxylation sites is 1. The third-order valence-corrected chi connectivity index (χ3v) is 9.57. The van der Waals surface area contributed by atoms with Crippen molar-refractivity contribution in [3.63, 3.8) is 0 Å². The Labute approximate surface area is 233 Å². The van der Waals surface area contributed by atoms with Crippen molar-refractivity contribution in [2.75, 3.05) is 23.8 Å². The third kappa shape index (κ3) is 2.85. The number of carbonyl (C=O) groups excluding carboxylic acids is 3. The summed E-state index contributed by atoms with van der Waals surface area (Å²) in [6.07, 6.45) is 3.21. The molecular formula is C33H31N3O4. The molecule has 7 nitrogen and oxygen atoms in total. The molecule has 3 aromatic rings. The summed E-state index contributed by atoms with van der Waals surface area (Å²) in [5, 5.41) is 6.27. The first-order valence-electron chi connectivity index (χ1n) is 13.8. The Balaban J connectivity index is 1.53. The van der Waals surface area contributed by atoms with Gasteiger partial charge in [-0.25, -0.2) is 0 Å². The smallest absolute Gasteiger partial charge is 0.251 e. The Morgan fingerprint density at radius 2 is 1.88 bits per heavy atom. The van der Waals surface area contributed by atoms with Crippen molar-refractivity contribution in [2.24, 2.45) is 5.92 Å². The number of hydrogen-bond acceptors (Lipinski definition) is 5. The predicted molar refractivity (Wildman–Crippen MR) is 153 cm³/mol. The van der Waals surface area contributed by atoms with Crippen LogP contribution < -0.4 is 15.4 Å². The van der Waals surface area contributed by atoms with Crippen LogP contribution in [0, 0.1) is 19.8 Å². The average Bonchev–Trinajstić information content (AvgIpc) is 3.68. The van der Waals surface area contributed by atoms with Gasteiger partial charge in [0.2, 0.25) is 5.91 Å². The molecule has 4 aliphatic heterocycles. The minimum Gasteiger partial charge on any atom is -0.490 e. The maximum atomic E-state index is 14.8. The van der Waals surface area contributed by atoms with Crippen LogP contribution in [0.1, 0.15) is 45.5 Å². The fraction of sp³-hybridized carbons (Fsp3) is 0.303. The molecule has 3 aromatic carbocycles. The molecule has 2 N–H and O–H groups in total. The van der Waals surface area contributed by atoms with Crippen molar-refractivity contribution >= 4 is 29.0 Å². The SMILES string of the molecule is C=CCOc1cccc(C(=O)[C@@H]2[C@H]3CCCN3[C@@]3(C(=O)Nc4c3ccc(C)c4C)[C@]23C(=O)Nc2ccccc23)c1. The number of hydrogen-bond donors (Lipinski definition) is 2.